The molecule has 1 N–H and O–H groups in total. The van der Waals surface area contributed by atoms with E-state index in [1.54, 1.807) is 6.20 Å². The Bertz CT molecular complexity index is 1300. The maximum Gasteiger partial charge on any atom is 0.0992 e. The number of benzene rings is 2. The van der Waals surface area contributed by atoms with E-state index in [0.717, 1.165) is 46.0 Å². The second-order valence-electron chi connectivity index (χ2n) is 7.40. The molecule has 0 atom stereocenters. The van der Waals surface area contributed by atoms with Gasteiger partial charge in [-0.15, -0.1) is 0 Å². The average molecular weight is 415 g/mol. The Morgan fingerprint density at radius 3 is 2.06 bits per heavy atom. The van der Waals surface area contributed by atoms with Gasteiger partial charge >= 0.3 is 0 Å². The van der Waals surface area contributed by atoms with Gasteiger partial charge in [-0.3, -0.25) is 15.0 Å². The number of rotatable bonds is 6. The molecule has 3 aromatic heterocycles. The molecule has 0 bridgehead atoms. The van der Waals surface area contributed by atoms with Crippen LogP contribution in [-0.2, 0) is 6.54 Å². The van der Waals surface area contributed by atoms with E-state index < -0.39 is 0 Å². The minimum absolute atomic E-state index is 0.722. The highest BCUT2D eigenvalue weighted by Crippen LogP contribution is 2.39. The average Bonchev–Trinajstić information content (AvgIpc) is 2.89. The van der Waals surface area contributed by atoms with Gasteiger partial charge in [0.15, 0.2) is 0 Å². The third-order valence-corrected chi connectivity index (χ3v) is 5.31. The van der Waals surface area contributed by atoms with E-state index in [9.17, 15) is 0 Å². The molecule has 0 aliphatic rings. The summed E-state index contributed by atoms with van der Waals surface area (Å²) in [5.74, 6) is 0. The van der Waals surface area contributed by atoms with E-state index >= 15 is 0 Å². The van der Waals surface area contributed by atoms with Gasteiger partial charge in [-0.1, -0.05) is 66.7 Å². The van der Waals surface area contributed by atoms with Gasteiger partial charge in [0.05, 0.1) is 17.1 Å². The molecular formula is C28H22N4. The van der Waals surface area contributed by atoms with Crippen LogP contribution >= 0.6 is 0 Å². The summed E-state index contributed by atoms with van der Waals surface area (Å²) >= 11 is 0. The molecule has 0 amide bonds. The lowest BCUT2D eigenvalue weighted by Crippen LogP contribution is -2.04. The van der Waals surface area contributed by atoms with Crippen molar-refractivity contribution in [3.63, 3.8) is 0 Å². The molecule has 0 fully saturated rings. The lowest BCUT2D eigenvalue weighted by molar-refractivity contribution is 1.14. The van der Waals surface area contributed by atoms with E-state index in [-0.39, 0.29) is 0 Å². The molecule has 4 heteroatoms. The highest BCUT2D eigenvalue weighted by Gasteiger charge is 2.18. The maximum absolute atomic E-state index is 4.80. The summed E-state index contributed by atoms with van der Waals surface area (Å²) in [5.41, 5.74) is 7.82. The second kappa shape index (κ2) is 9.23. The smallest absolute Gasteiger partial charge is 0.0992 e. The zero-order valence-electron chi connectivity index (χ0n) is 17.5. The molecule has 0 aliphatic carbocycles. The van der Waals surface area contributed by atoms with E-state index in [2.05, 4.69) is 46.7 Å². The summed E-state index contributed by atoms with van der Waals surface area (Å²) in [6.07, 6.45) is 5.45. The third-order valence-electron chi connectivity index (χ3n) is 5.31. The van der Waals surface area contributed by atoms with Gasteiger partial charge in [0.2, 0.25) is 0 Å². The summed E-state index contributed by atoms with van der Waals surface area (Å²) in [5, 5.41) is 3.61. The molecule has 0 saturated carbocycles. The van der Waals surface area contributed by atoms with Gasteiger partial charge in [-0.2, -0.15) is 0 Å². The molecule has 32 heavy (non-hydrogen) atoms. The molecule has 0 unspecified atom stereocenters. The zero-order chi connectivity index (χ0) is 21.6. The van der Waals surface area contributed by atoms with Crippen LogP contribution in [0.4, 0.5) is 5.69 Å². The van der Waals surface area contributed by atoms with Crippen LogP contribution in [-0.4, -0.2) is 15.0 Å². The summed E-state index contributed by atoms with van der Waals surface area (Å²) in [6, 6.07) is 32.6. The first-order valence-corrected chi connectivity index (χ1v) is 10.6. The first kappa shape index (κ1) is 19.6. The molecule has 0 radical (unpaired) electrons. The number of nitrogens with zero attached hydrogens (tertiary/aromatic N) is 3. The first-order valence-electron chi connectivity index (χ1n) is 10.6. The van der Waals surface area contributed by atoms with Gasteiger partial charge in [0.25, 0.3) is 0 Å². The molecule has 0 spiro atoms. The number of hydrogen-bond acceptors (Lipinski definition) is 4. The van der Waals surface area contributed by atoms with Crippen LogP contribution in [0, 0.1) is 0 Å². The van der Waals surface area contributed by atoms with Crippen molar-refractivity contribution in [2.45, 2.75) is 6.54 Å². The van der Waals surface area contributed by atoms with E-state index in [0.29, 0.717) is 0 Å². The Kier molecular flexibility index (Phi) is 5.66. The minimum Gasteiger partial charge on any atom is -0.380 e. The number of pyridine rings is 3. The van der Waals surface area contributed by atoms with Crippen LogP contribution in [0.15, 0.2) is 116 Å². The van der Waals surface area contributed by atoms with Crippen LogP contribution in [0.25, 0.3) is 33.8 Å². The second-order valence-corrected chi connectivity index (χ2v) is 7.40. The van der Waals surface area contributed by atoms with Crippen LogP contribution in [0.1, 0.15) is 5.56 Å². The Labute approximate surface area is 187 Å². The van der Waals surface area contributed by atoms with Crippen LogP contribution < -0.4 is 5.32 Å². The predicted octanol–water partition coefficient (Wildman–Crippen LogP) is 6.48. The van der Waals surface area contributed by atoms with Crippen molar-refractivity contribution in [1.29, 1.82) is 0 Å². The quantitative estimate of drug-likeness (QED) is 0.345. The fraction of sp³-hybridized carbons (Fsp3) is 0.0357. The largest absolute Gasteiger partial charge is 0.380 e. The number of hydrogen-bond donors (Lipinski definition) is 1. The Morgan fingerprint density at radius 2 is 1.28 bits per heavy atom. The van der Waals surface area contributed by atoms with Crippen LogP contribution in [0.3, 0.4) is 0 Å². The summed E-state index contributed by atoms with van der Waals surface area (Å²) in [4.78, 5) is 14.1. The lowest BCUT2D eigenvalue weighted by atomic mass is 9.97. The van der Waals surface area contributed by atoms with Crippen LogP contribution in [0.2, 0.25) is 0 Å². The number of aromatic nitrogens is 3. The van der Waals surface area contributed by atoms with Crippen molar-refractivity contribution in [3.05, 3.63) is 121 Å². The molecular weight excluding hydrogens is 392 g/mol. The third kappa shape index (κ3) is 4.12. The monoisotopic (exact) mass is 414 g/mol. The van der Waals surface area contributed by atoms with Crippen molar-refractivity contribution in [1.82, 2.24) is 15.0 Å². The molecule has 0 saturated heterocycles. The van der Waals surface area contributed by atoms with E-state index in [4.69, 9.17) is 9.97 Å². The van der Waals surface area contributed by atoms with E-state index in [1.807, 2.05) is 73.1 Å². The molecule has 154 valence electrons. The molecule has 4 nitrogen and oxygen atoms in total. The molecule has 5 aromatic rings. The van der Waals surface area contributed by atoms with Gasteiger partial charge in [-0.05, 0) is 41.5 Å². The van der Waals surface area contributed by atoms with Gasteiger partial charge in [0, 0.05) is 41.9 Å². The number of nitrogens with one attached hydrogen (secondary N) is 1. The van der Waals surface area contributed by atoms with Gasteiger partial charge < -0.3 is 5.32 Å². The molecule has 3 heterocycles. The van der Waals surface area contributed by atoms with E-state index in [1.165, 1.54) is 5.56 Å². The van der Waals surface area contributed by atoms with Crippen LogP contribution in [0.5, 0.6) is 0 Å². The fourth-order valence-corrected chi connectivity index (χ4v) is 3.80. The van der Waals surface area contributed by atoms with Gasteiger partial charge in [0.1, 0.15) is 0 Å². The molecule has 0 aliphatic heterocycles. The number of anilines is 1. The molecule has 2 aromatic carbocycles. The first-order chi connectivity index (χ1) is 15.9. The van der Waals surface area contributed by atoms with Crippen molar-refractivity contribution < 1.29 is 0 Å². The lowest BCUT2D eigenvalue weighted by Gasteiger charge is -2.17. The van der Waals surface area contributed by atoms with Crippen molar-refractivity contribution in [2.75, 3.05) is 5.32 Å². The SMILES string of the molecule is c1ccc(CNc2ccnc(-c3ncccc3-c3ccccn3)c2-c2ccccc2)cc1. The Hall–Kier alpha value is -4.31. The highest BCUT2D eigenvalue weighted by molar-refractivity contribution is 5.92. The van der Waals surface area contributed by atoms with Crippen molar-refractivity contribution in [3.8, 4) is 33.8 Å². The normalized spacial score (nSPS) is 10.6. The van der Waals surface area contributed by atoms with Crippen molar-refractivity contribution >= 4 is 5.69 Å². The topological polar surface area (TPSA) is 50.7 Å². The maximum atomic E-state index is 4.80. The predicted molar refractivity (Wildman–Crippen MR) is 130 cm³/mol. The standard InChI is InChI=1S/C28H22N4/c1-3-10-21(11-4-1)20-32-25-16-19-31-28(26(25)22-12-5-2-6-13-22)27-23(14-9-18-30-27)24-15-7-8-17-29-24/h1-19H,20H2,(H,31,32). The Balaban J connectivity index is 1.66. The zero-order valence-corrected chi connectivity index (χ0v) is 17.5. The summed E-state index contributed by atoms with van der Waals surface area (Å²) < 4.78 is 0. The fourth-order valence-electron chi connectivity index (χ4n) is 3.80. The van der Waals surface area contributed by atoms with Crippen molar-refractivity contribution in [2.24, 2.45) is 0 Å². The Morgan fingerprint density at radius 1 is 0.562 bits per heavy atom. The summed E-state index contributed by atoms with van der Waals surface area (Å²) in [6.45, 7) is 0.722. The summed E-state index contributed by atoms with van der Waals surface area (Å²) in [7, 11) is 0. The highest BCUT2D eigenvalue weighted by atomic mass is 14.9. The molecule has 5 rings (SSSR count). The minimum atomic E-state index is 0.722. The van der Waals surface area contributed by atoms with Gasteiger partial charge in [-0.25, -0.2) is 0 Å².